The Bertz CT molecular complexity index is 1330. The van der Waals surface area contributed by atoms with Gasteiger partial charge in [-0.3, -0.25) is 4.79 Å². The fraction of sp³-hybridized carbons (Fsp3) is 0.125. The van der Waals surface area contributed by atoms with Crippen molar-refractivity contribution in [2.45, 2.75) is 10.1 Å². The molecular weight excluding hydrogens is 474 g/mol. The van der Waals surface area contributed by atoms with Gasteiger partial charge in [-0.25, -0.2) is 4.68 Å². The van der Waals surface area contributed by atoms with E-state index in [9.17, 15) is 4.79 Å². The summed E-state index contributed by atoms with van der Waals surface area (Å²) in [5.41, 5.74) is 3.24. The molecule has 2 heterocycles. The highest BCUT2D eigenvalue weighted by molar-refractivity contribution is 8.00. The lowest BCUT2D eigenvalue weighted by molar-refractivity contribution is 0.102. The van der Waals surface area contributed by atoms with Gasteiger partial charge in [0.2, 0.25) is 0 Å². The first-order valence-electron chi connectivity index (χ1n) is 10.2. The number of ether oxygens (including phenoxy) is 2. The van der Waals surface area contributed by atoms with Crippen molar-refractivity contribution in [2.75, 3.05) is 18.5 Å². The largest absolute Gasteiger partial charge is 0.486 e. The van der Waals surface area contributed by atoms with Crippen LogP contribution < -0.4 is 14.8 Å². The van der Waals surface area contributed by atoms with Gasteiger partial charge in [0.05, 0.1) is 5.69 Å². The van der Waals surface area contributed by atoms with E-state index in [2.05, 4.69) is 22.5 Å². The Kier molecular flexibility index (Phi) is 6.43. The number of rotatable bonds is 6. The number of nitrogens with one attached hydrogen (secondary N) is 1. The van der Waals surface area contributed by atoms with Crippen molar-refractivity contribution in [3.63, 3.8) is 0 Å². The van der Waals surface area contributed by atoms with Crippen molar-refractivity contribution >= 4 is 46.9 Å². The first-order valence-corrected chi connectivity index (χ1v) is 12.4. The standard InChI is InChI=1S/C24H19N3O3S3/c28-22(25-18-8-11-20-21(14-18)30-13-12-29-20)17-6-9-19(10-7-17)27-24(31)33-23(26-27)32-15-16-4-2-1-3-5-16/h1-11,14H,12-13,15H2,(H,25,28). The number of thioether (sulfide) groups is 1. The van der Waals surface area contributed by atoms with Gasteiger partial charge in [0.1, 0.15) is 13.2 Å². The van der Waals surface area contributed by atoms with Crippen molar-refractivity contribution in [3.05, 3.63) is 87.9 Å². The minimum Gasteiger partial charge on any atom is -0.486 e. The third-order valence-electron chi connectivity index (χ3n) is 4.91. The predicted octanol–water partition coefficient (Wildman–Crippen LogP) is 5.98. The zero-order valence-corrected chi connectivity index (χ0v) is 19.8. The molecule has 0 saturated heterocycles. The average molecular weight is 494 g/mol. The van der Waals surface area contributed by atoms with Crippen LogP contribution in [0.2, 0.25) is 0 Å². The smallest absolute Gasteiger partial charge is 0.255 e. The van der Waals surface area contributed by atoms with Crippen LogP contribution in [0.15, 0.2) is 77.1 Å². The van der Waals surface area contributed by atoms with Gasteiger partial charge in [-0.2, -0.15) is 0 Å². The first kappa shape index (κ1) is 21.7. The molecule has 0 unspecified atom stereocenters. The molecule has 0 radical (unpaired) electrons. The molecule has 1 aliphatic rings. The number of anilines is 1. The zero-order valence-electron chi connectivity index (χ0n) is 17.4. The Morgan fingerprint density at radius 1 is 1.03 bits per heavy atom. The van der Waals surface area contributed by atoms with Crippen molar-refractivity contribution in [1.82, 2.24) is 9.78 Å². The number of aromatic nitrogens is 2. The van der Waals surface area contributed by atoms with Crippen molar-refractivity contribution in [2.24, 2.45) is 0 Å². The summed E-state index contributed by atoms with van der Waals surface area (Å²) in [5.74, 6) is 1.94. The highest BCUT2D eigenvalue weighted by atomic mass is 32.2. The van der Waals surface area contributed by atoms with Gasteiger partial charge in [0, 0.05) is 23.1 Å². The van der Waals surface area contributed by atoms with E-state index < -0.39 is 0 Å². The molecule has 0 spiro atoms. The van der Waals surface area contributed by atoms with Gasteiger partial charge >= 0.3 is 0 Å². The van der Waals surface area contributed by atoms with Crippen molar-refractivity contribution in [3.8, 4) is 17.2 Å². The average Bonchev–Trinajstić information content (AvgIpc) is 3.24. The maximum absolute atomic E-state index is 12.7. The second-order valence-corrected chi connectivity index (χ2v) is 10.0. The van der Waals surface area contributed by atoms with Crippen molar-refractivity contribution < 1.29 is 14.3 Å². The molecule has 0 atom stereocenters. The zero-order chi connectivity index (χ0) is 22.6. The molecule has 4 aromatic rings. The molecule has 1 aromatic heterocycles. The van der Waals surface area contributed by atoms with E-state index in [0.29, 0.717) is 39.9 Å². The molecule has 0 saturated carbocycles. The van der Waals surface area contributed by atoms with Crippen LogP contribution in [0, 0.1) is 3.95 Å². The van der Waals surface area contributed by atoms with Crippen LogP contribution >= 0.6 is 35.3 Å². The molecule has 33 heavy (non-hydrogen) atoms. The molecule has 0 aliphatic carbocycles. The summed E-state index contributed by atoms with van der Waals surface area (Å²) in [4.78, 5) is 12.7. The lowest BCUT2D eigenvalue weighted by atomic mass is 10.2. The summed E-state index contributed by atoms with van der Waals surface area (Å²) in [5, 5.41) is 7.54. The topological polar surface area (TPSA) is 65.4 Å². The Balaban J connectivity index is 1.26. The fourth-order valence-electron chi connectivity index (χ4n) is 3.28. The number of fused-ring (bicyclic) bond motifs is 1. The van der Waals surface area contributed by atoms with E-state index in [4.69, 9.17) is 21.7 Å². The molecule has 1 amide bonds. The predicted molar refractivity (Wildman–Crippen MR) is 134 cm³/mol. The molecule has 0 bridgehead atoms. The Morgan fingerprint density at radius 2 is 1.79 bits per heavy atom. The highest BCUT2D eigenvalue weighted by Gasteiger charge is 2.14. The Morgan fingerprint density at radius 3 is 2.58 bits per heavy atom. The monoisotopic (exact) mass is 493 g/mol. The summed E-state index contributed by atoms with van der Waals surface area (Å²) in [6.45, 7) is 1.03. The molecule has 6 nitrogen and oxygen atoms in total. The first-order chi connectivity index (χ1) is 16.2. The number of benzene rings is 3. The molecule has 1 N–H and O–H groups in total. The molecule has 5 rings (SSSR count). The van der Waals surface area contributed by atoms with E-state index in [-0.39, 0.29) is 5.91 Å². The summed E-state index contributed by atoms with van der Waals surface area (Å²) in [6, 6.07) is 22.8. The van der Waals surface area contributed by atoms with Crippen LogP contribution in [0.25, 0.3) is 5.69 Å². The minimum atomic E-state index is -0.209. The Labute approximate surface area is 204 Å². The Hall–Kier alpha value is -3.14. The van der Waals surface area contributed by atoms with Gasteiger partial charge in [-0.1, -0.05) is 53.4 Å². The maximum atomic E-state index is 12.7. The van der Waals surface area contributed by atoms with E-state index in [1.54, 1.807) is 46.8 Å². The normalized spacial score (nSPS) is 12.4. The van der Waals surface area contributed by atoms with Crippen LogP contribution in [0.4, 0.5) is 5.69 Å². The second kappa shape index (κ2) is 9.78. The summed E-state index contributed by atoms with van der Waals surface area (Å²) in [6.07, 6.45) is 0. The maximum Gasteiger partial charge on any atom is 0.255 e. The number of nitrogens with zero attached hydrogens (tertiary/aromatic N) is 2. The van der Waals surface area contributed by atoms with Gasteiger partial charge in [0.25, 0.3) is 5.91 Å². The molecule has 3 aromatic carbocycles. The van der Waals surface area contributed by atoms with Gasteiger partial charge in [0.15, 0.2) is 19.8 Å². The van der Waals surface area contributed by atoms with Gasteiger partial charge < -0.3 is 14.8 Å². The number of amides is 1. The highest BCUT2D eigenvalue weighted by Crippen LogP contribution is 2.33. The molecule has 9 heteroatoms. The SMILES string of the molecule is O=C(Nc1ccc2c(c1)OCCO2)c1ccc(-n2nc(SCc3ccccc3)sc2=S)cc1. The van der Waals surface area contributed by atoms with Gasteiger partial charge in [-0.05, 0) is 54.2 Å². The third-order valence-corrected chi connectivity index (χ3v) is 7.35. The van der Waals surface area contributed by atoms with Crippen LogP contribution in [0.5, 0.6) is 11.5 Å². The second-order valence-electron chi connectivity index (χ2n) is 7.18. The minimum absolute atomic E-state index is 0.209. The number of hydrogen-bond acceptors (Lipinski definition) is 7. The van der Waals surface area contributed by atoms with Crippen LogP contribution in [-0.4, -0.2) is 28.9 Å². The molecular formula is C24H19N3O3S3. The number of carbonyl (C=O) groups excluding carboxylic acids is 1. The molecule has 0 fully saturated rings. The molecule has 166 valence electrons. The third kappa shape index (κ3) is 5.11. The van der Waals surface area contributed by atoms with E-state index >= 15 is 0 Å². The molecule has 1 aliphatic heterocycles. The summed E-state index contributed by atoms with van der Waals surface area (Å²) < 4.78 is 14.4. The lowest BCUT2D eigenvalue weighted by Crippen LogP contribution is -2.16. The number of hydrogen-bond donors (Lipinski definition) is 1. The van der Waals surface area contributed by atoms with Crippen LogP contribution in [0.3, 0.4) is 0 Å². The fourth-order valence-corrected chi connectivity index (χ4v) is 5.60. The van der Waals surface area contributed by atoms with E-state index in [1.807, 2.05) is 30.3 Å². The van der Waals surface area contributed by atoms with Gasteiger partial charge in [-0.15, -0.1) is 5.10 Å². The summed E-state index contributed by atoms with van der Waals surface area (Å²) >= 11 is 8.65. The van der Waals surface area contributed by atoms with Crippen LogP contribution in [-0.2, 0) is 5.75 Å². The number of carbonyl (C=O) groups is 1. The van der Waals surface area contributed by atoms with E-state index in [1.165, 1.54) is 16.9 Å². The van der Waals surface area contributed by atoms with E-state index in [0.717, 1.165) is 15.8 Å². The quantitative estimate of drug-likeness (QED) is 0.263. The lowest BCUT2D eigenvalue weighted by Gasteiger charge is -2.19. The van der Waals surface area contributed by atoms with Crippen molar-refractivity contribution in [1.29, 1.82) is 0 Å². The van der Waals surface area contributed by atoms with Crippen LogP contribution in [0.1, 0.15) is 15.9 Å². The summed E-state index contributed by atoms with van der Waals surface area (Å²) in [7, 11) is 0.